The first-order chi connectivity index (χ1) is 12.5. The summed E-state index contributed by atoms with van der Waals surface area (Å²) < 4.78 is 29.2. The zero-order valence-electron chi connectivity index (χ0n) is 13.9. The largest absolute Gasteiger partial charge is 0.240 e. The van der Waals surface area contributed by atoms with Gasteiger partial charge in [-0.05, 0) is 36.1 Å². The van der Waals surface area contributed by atoms with Crippen molar-refractivity contribution in [3.05, 3.63) is 58.4 Å². The number of thiazole rings is 1. The molecule has 1 N–H and O–H groups in total. The number of fused-ring (bicyclic) bond motifs is 1. The normalized spacial score (nSPS) is 12.0. The fourth-order valence-corrected chi connectivity index (χ4v) is 5.23. The van der Waals surface area contributed by atoms with Gasteiger partial charge in [-0.15, -0.1) is 27.8 Å². The molecule has 0 spiro atoms. The number of nitrogens with one attached hydrogen (secondary N) is 1. The molecule has 0 saturated heterocycles. The summed E-state index contributed by atoms with van der Waals surface area (Å²) in [5, 5.41) is 8.51. The molecule has 4 rings (SSSR count). The minimum absolute atomic E-state index is 0.286. The lowest BCUT2D eigenvalue weighted by Crippen LogP contribution is -2.26. The van der Waals surface area contributed by atoms with Crippen molar-refractivity contribution in [2.45, 2.75) is 18.2 Å². The van der Waals surface area contributed by atoms with Crippen molar-refractivity contribution in [3.63, 3.8) is 0 Å². The van der Waals surface area contributed by atoms with Crippen LogP contribution in [0.25, 0.3) is 15.7 Å². The van der Waals surface area contributed by atoms with Crippen molar-refractivity contribution in [1.29, 1.82) is 0 Å². The molecule has 0 aliphatic carbocycles. The number of hydrogen-bond donors (Lipinski definition) is 1. The number of aromatic nitrogens is 3. The van der Waals surface area contributed by atoms with E-state index < -0.39 is 10.0 Å². The molecule has 0 radical (unpaired) electrons. The number of sulfonamides is 1. The van der Waals surface area contributed by atoms with Crippen molar-refractivity contribution in [1.82, 2.24) is 19.3 Å². The highest BCUT2D eigenvalue weighted by molar-refractivity contribution is 7.89. The fraction of sp³-hybridized carbons (Fsp3) is 0.176. The van der Waals surface area contributed by atoms with Gasteiger partial charge in [-0.3, -0.25) is 0 Å². The summed E-state index contributed by atoms with van der Waals surface area (Å²) in [5.74, 6) is 0.702. The van der Waals surface area contributed by atoms with Gasteiger partial charge in [-0.25, -0.2) is 17.7 Å². The molecule has 26 heavy (non-hydrogen) atoms. The fourth-order valence-electron chi connectivity index (χ4n) is 2.59. The minimum atomic E-state index is -3.51. The van der Waals surface area contributed by atoms with Crippen molar-refractivity contribution in [2.24, 2.45) is 0 Å². The van der Waals surface area contributed by atoms with Gasteiger partial charge in [-0.2, -0.15) is 4.98 Å². The summed E-state index contributed by atoms with van der Waals surface area (Å²) in [6.07, 6.45) is 0.540. The average Bonchev–Trinajstić information content (AvgIpc) is 3.32. The summed E-state index contributed by atoms with van der Waals surface area (Å²) in [6, 6.07) is 10.8. The zero-order chi connectivity index (χ0) is 18.1. The molecule has 1 aromatic carbocycles. The predicted molar refractivity (Wildman–Crippen MR) is 104 cm³/mol. The maximum absolute atomic E-state index is 12.4. The molecular weight excluding hydrogens is 388 g/mol. The molecule has 134 valence electrons. The van der Waals surface area contributed by atoms with Crippen LogP contribution < -0.4 is 4.72 Å². The summed E-state index contributed by atoms with van der Waals surface area (Å²) in [7, 11) is -3.51. The summed E-state index contributed by atoms with van der Waals surface area (Å²) in [6.45, 7) is 2.17. The Hall–Kier alpha value is -2.07. The molecule has 6 nitrogen and oxygen atoms in total. The van der Waals surface area contributed by atoms with Crippen LogP contribution in [0.4, 0.5) is 0 Å². The van der Waals surface area contributed by atoms with Crippen LogP contribution in [0.5, 0.6) is 0 Å². The number of nitrogens with zero attached hydrogens (tertiary/aromatic N) is 3. The first-order valence-corrected chi connectivity index (χ1v) is 11.2. The molecule has 0 amide bonds. The molecule has 0 atom stereocenters. The quantitative estimate of drug-likeness (QED) is 0.535. The Morgan fingerprint density at radius 2 is 2.08 bits per heavy atom. The lowest BCUT2D eigenvalue weighted by molar-refractivity contribution is 0.581. The highest BCUT2D eigenvalue weighted by atomic mass is 32.2. The molecule has 0 saturated carbocycles. The van der Waals surface area contributed by atoms with Gasteiger partial charge < -0.3 is 0 Å². The standard InChI is InChI=1S/C17H16N4O2S3/c1-12-4-2-5-14(10-12)26(22,23)18-8-7-13-11-25-17-19-16(20-21(13)17)15-6-3-9-24-15/h2-6,9-11,18H,7-8H2,1H3. The third-order valence-electron chi connectivity index (χ3n) is 3.86. The number of hydrogen-bond acceptors (Lipinski definition) is 6. The Balaban J connectivity index is 1.48. The Morgan fingerprint density at radius 1 is 1.19 bits per heavy atom. The maximum atomic E-state index is 12.4. The Bertz CT molecular complexity index is 1140. The van der Waals surface area contributed by atoms with E-state index in [9.17, 15) is 8.42 Å². The third-order valence-corrected chi connectivity index (χ3v) is 7.05. The predicted octanol–water partition coefficient (Wildman–Crippen LogP) is 3.35. The van der Waals surface area contributed by atoms with E-state index in [0.717, 1.165) is 21.1 Å². The lowest BCUT2D eigenvalue weighted by Gasteiger charge is -2.07. The molecule has 0 aliphatic rings. The van der Waals surface area contributed by atoms with Gasteiger partial charge in [0.15, 0.2) is 5.82 Å². The minimum Gasteiger partial charge on any atom is -0.211 e. The van der Waals surface area contributed by atoms with Gasteiger partial charge in [0.25, 0.3) is 0 Å². The van der Waals surface area contributed by atoms with E-state index in [1.807, 2.05) is 35.9 Å². The molecule has 4 aromatic rings. The van der Waals surface area contributed by atoms with Crippen LogP contribution >= 0.6 is 22.7 Å². The van der Waals surface area contributed by atoms with Gasteiger partial charge in [-0.1, -0.05) is 18.2 Å². The Kier molecular flexibility index (Phi) is 4.62. The third kappa shape index (κ3) is 3.43. The van der Waals surface area contributed by atoms with Gasteiger partial charge in [0.1, 0.15) is 0 Å². The number of aryl methyl sites for hydroxylation is 1. The smallest absolute Gasteiger partial charge is 0.211 e. The second-order valence-electron chi connectivity index (χ2n) is 5.80. The van der Waals surface area contributed by atoms with Crippen molar-refractivity contribution >= 4 is 37.7 Å². The van der Waals surface area contributed by atoms with Gasteiger partial charge in [0.2, 0.25) is 15.0 Å². The number of benzene rings is 1. The van der Waals surface area contributed by atoms with Crippen LogP contribution in [0.2, 0.25) is 0 Å². The molecular formula is C17H16N4O2S3. The van der Waals surface area contributed by atoms with E-state index in [1.54, 1.807) is 34.1 Å². The summed E-state index contributed by atoms with van der Waals surface area (Å²) in [4.78, 5) is 6.65. The Morgan fingerprint density at radius 3 is 2.85 bits per heavy atom. The molecule has 0 fully saturated rings. The molecule has 0 bridgehead atoms. The van der Waals surface area contributed by atoms with Crippen LogP contribution in [0.3, 0.4) is 0 Å². The van der Waals surface area contributed by atoms with Gasteiger partial charge in [0.05, 0.1) is 15.5 Å². The van der Waals surface area contributed by atoms with Crippen LogP contribution in [0, 0.1) is 6.92 Å². The molecule has 0 unspecified atom stereocenters. The van der Waals surface area contributed by atoms with E-state index in [1.165, 1.54) is 11.3 Å². The second-order valence-corrected chi connectivity index (χ2v) is 9.35. The van der Waals surface area contributed by atoms with Crippen LogP contribution in [0.15, 0.2) is 52.1 Å². The molecule has 9 heteroatoms. The summed E-state index contributed by atoms with van der Waals surface area (Å²) >= 11 is 3.10. The SMILES string of the molecule is Cc1cccc(S(=O)(=O)NCCc2csc3nc(-c4cccs4)nn23)c1. The van der Waals surface area contributed by atoms with Crippen LogP contribution in [-0.4, -0.2) is 29.6 Å². The lowest BCUT2D eigenvalue weighted by atomic mass is 10.2. The van der Waals surface area contributed by atoms with E-state index in [-0.39, 0.29) is 4.90 Å². The van der Waals surface area contributed by atoms with E-state index in [0.29, 0.717) is 18.8 Å². The molecule has 3 aromatic heterocycles. The van der Waals surface area contributed by atoms with Gasteiger partial charge >= 0.3 is 0 Å². The summed E-state index contributed by atoms with van der Waals surface area (Å²) in [5.41, 5.74) is 1.85. The second kappa shape index (κ2) is 6.92. The first kappa shape index (κ1) is 17.3. The average molecular weight is 405 g/mol. The highest BCUT2D eigenvalue weighted by Gasteiger charge is 2.15. The highest BCUT2D eigenvalue weighted by Crippen LogP contribution is 2.24. The Labute approximate surface area is 159 Å². The topological polar surface area (TPSA) is 76.4 Å². The van der Waals surface area contributed by atoms with E-state index in [4.69, 9.17) is 0 Å². The number of rotatable bonds is 6. The molecule has 0 aliphatic heterocycles. The van der Waals surface area contributed by atoms with Crippen molar-refractivity contribution < 1.29 is 8.42 Å². The molecule has 3 heterocycles. The first-order valence-electron chi connectivity index (χ1n) is 7.96. The van der Waals surface area contributed by atoms with Crippen LogP contribution in [-0.2, 0) is 16.4 Å². The van der Waals surface area contributed by atoms with E-state index in [2.05, 4.69) is 14.8 Å². The van der Waals surface area contributed by atoms with Gasteiger partial charge in [0, 0.05) is 18.3 Å². The number of thiophene rings is 1. The van der Waals surface area contributed by atoms with Crippen LogP contribution in [0.1, 0.15) is 11.3 Å². The monoisotopic (exact) mass is 404 g/mol. The van der Waals surface area contributed by atoms with Crippen molar-refractivity contribution in [3.8, 4) is 10.7 Å². The zero-order valence-corrected chi connectivity index (χ0v) is 16.4. The maximum Gasteiger partial charge on any atom is 0.240 e. The van der Waals surface area contributed by atoms with E-state index >= 15 is 0 Å². The van der Waals surface area contributed by atoms with Crippen molar-refractivity contribution in [2.75, 3.05) is 6.54 Å².